The van der Waals surface area contributed by atoms with Gasteiger partial charge in [0.15, 0.2) is 6.10 Å². The van der Waals surface area contributed by atoms with E-state index >= 15 is 0 Å². The van der Waals surface area contributed by atoms with Crippen molar-refractivity contribution in [3.8, 4) is 0 Å². The molecular formula is C12H14N4O4S2. The van der Waals surface area contributed by atoms with Gasteiger partial charge in [0.25, 0.3) is 5.91 Å². The molecule has 10 heteroatoms. The predicted molar refractivity (Wildman–Crippen MR) is 80.2 cm³/mol. The number of aliphatic hydroxyl groups excluding tert-OH is 1. The second-order valence-electron chi connectivity index (χ2n) is 4.79. The molecule has 2 aliphatic rings. The van der Waals surface area contributed by atoms with Gasteiger partial charge in [-0.15, -0.1) is 28.6 Å². The van der Waals surface area contributed by atoms with E-state index in [2.05, 4.69) is 10.3 Å². The largest absolute Gasteiger partial charge is 0.477 e. The van der Waals surface area contributed by atoms with Crippen LogP contribution in [0.15, 0.2) is 22.5 Å². The first kappa shape index (κ1) is 15.4. The second kappa shape index (κ2) is 5.94. The fourth-order valence-corrected chi connectivity index (χ4v) is 4.78. The maximum absolute atomic E-state index is 11.7. The molecule has 0 saturated carbocycles. The summed E-state index contributed by atoms with van der Waals surface area (Å²) >= 11 is 2.82. The van der Waals surface area contributed by atoms with E-state index in [4.69, 9.17) is 0 Å². The number of carboxylic acid groups (broad SMARTS) is 1. The maximum atomic E-state index is 11.7. The van der Waals surface area contributed by atoms with Gasteiger partial charge in [0.05, 0.1) is 6.20 Å². The summed E-state index contributed by atoms with van der Waals surface area (Å²) in [7, 11) is 0. The smallest absolute Gasteiger partial charge is 0.352 e. The maximum Gasteiger partial charge on any atom is 0.352 e. The fourth-order valence-electron chi connectivity index (χ4n) is 2.38. The van der Waals surface area contributed by atoms with E-state index in [1.165, 1.54) is 28.4 Å². The molecule has 1 amide bonds. The molecule has 1 aromatic heterocycles. The minimum atomic E-state index is -1.14. The number of aryl methyl sites for hydroxylation is 1. The van der Waals surface area contributed by atoms with Crippen molar-refractivity contribution in [3.63, 3.8) is 0 Å². The molecule has 0 bridgehead atoms. The molecule has 3 rings (SSSR count). The first-order valence-electron chi connectivity index (χ1n) is 6.64. The number of aliphatic carboxylic acids is 1. The SMILES string of the molecule is CCn1nncc1SCC1=C(C(=O)O)N2C(=O)[C@@H](O)[C@H]2SC1. The Bertz CT molecular complexity index is 659. The van der Waals surface area contributed by atoms with Crippen molar-refractivity contribution in [3.05, 3.63) is 17.5 Å². The lowest BCUT2D eigenvalue weighted by Crippen LogP contribution is -2.64. The van der Waals surface area contributed by atoms with E-state index in [1.54, 1.807) is 10.9 Å². The third kappa shape index (κ3) is 2.40. The Balaban J connectivity index is 1.81. The van der Waals surface area contributed by atoms with Crippen LogP contribution in [0, 0.1) is 0 Å². The van der Waals surface area contributed by atoms with Gasteiger partial charge in [-0.25, -0.2) is 9.48 Å². The standard InChI is InChI=1S/C12H14N4O4S2/c1-2-15-7(3-13-14-15)21-4-6-5-22-11-9(17)10(18)16(11)8(6)12(19)20/h3,9,11,17H,2,4-5H2,1H3,(H,19,20)/t9-,11-/m1/s1. The van der Waals surface area contributed by atoms with Crippen molar-refractivity contribution in [2.24, 2.45) is 0 Å². The van der Waals surface area contributed by atoms with E-state index in [9.17, 15) is 19.8 Å². The van der Waals surface area contributed by atoms with Crippen LogP contribution in [-0.2, 0) is 16.1 Å². The second-order valence-corrected chi connectivity index (χ2v) is 6.89. The Labute approximate surface area is 134 Å². The van der Waals surface area contributed by atoms with Crippen molar-refractivity contribution in [1.82, 2.24) is 19.9 Å². The quantitative estimate of drug-likeness (QED) is 0.569. The van der Waals surface area contributed by atoms with Crippen molar-refractivity contribution in [2.45, 2.75) is 30.0 Å². The minimum absolute atomic E-state index is 0.00192. The molecule has 3 heterocycles. The highest BCUT2D eigenvalue weighted by molar-refractivity contribution is 8.01. The summed E-state index contributed by atoms with van der Waals surface area (Å²) < 4.78 is 1.73. The summed E-state index contributed by atoms with van der Waals surface area (Å²) in [5.41, 5.74) is 0.671. The number of amides is 1. The van der Waals surface area contributed by atoms with Gasteiger partial charge in [-0.05, 0) is 12.5 Å². The summed E-state index contributed by atoms with van der Waals surface area (Å²) in [6.45, 7) is 2.63. The Morgan fingerprint density at radius 1 is 1.59 bits per heavy atom. The van der Waals surface area contributed by atoms with Crippen molar-refractivity contribution < 1.29 is 19.8 Å². The lowest BCUT2D eigenvalue weighted by atomic mass is 10.1. The van der Waals surface area contributed by atoms with Crippen molar-refractivity contribution >= 4 is 35.4 Å². The van der Waals surface area contributed by atoms with E-state index in [0.29, 0.717) is 23.6 Å². The topological polar surface area (TPSA) is 109 Å². The molecule has 118 valence electrons. The summed E-state index contributed by atoms with van der Waals surface area (Å²) in [4.78, 5) is 24.4. The Kier molecular flexibility index (Phi) is 4.15. The molecule has 0 aliphatic carbocycles. The van der Waals surface area contributed by atoms with E-state index in [1.807, 2.05) is 6.92 Å². The predicted octanol–water partition coefficient (Wildman–Crippen LogP) is 0.00480. The van der Waals surface area contributed by atoms with Crippen LogP contribution in [0.25, 0.3) is 0 Å². The number of carboxylic acids is 1. The Hall–Kier alpha value is -1.52. The monoisotopic (exact) mass is 342 g/mol. The molecule has 2 atom stereocenters. The molecule has 8 nitrogen and oxygen atoms in total. The molecule has 22 heavy (non-hydrogen) atoms. The van der Waals surface area contributed by atoms with Crippen LogP contribution >= 0.6 is 23.5 Å². The van der Waals surface area contributed by atoms with Crippen LogP contribution in [0.2, 0.25) is 0 Å². The van der Waals surface area contributed by atoms with Crippen LogP contribution in [0.4, 0.5) is 0 Å². The number of carbonyl (C=O) groups excluding carboxylic acids is 1. The van der Waals surface area contributed by atoms with Gasteiger partial charge in [0.1, 0.15) is 16.1 Å². The molecule has 1 fully saturated rings. The average Bonchev–Trinajstić information content (AvgIpc) is 2.98. The fraction of sp³-hybridized carbons (Fsp3) is 0.500. The molecule has 0 radical (unpaired) electrons. The van der Waals surface area contributed by atoms with Gasteiger partial charge < -0.3 is 10.2 Å². The summed E-state index contributed by atoms with van der Waals surface area (Å²) in [6.07, 6.45) is 0.534. The molecular weight excluding hydrogens is 328 g/mol. The average molecular weight is 342 g/mol. The van der Waals surface area contributed by atoms with Gasteiger partial charge in [0.2, 0.25) is 0 Å². The Morgan fingerprint density at radius 2 is 2.36 bits per heavy atom. The number of hydrogen-bond acceptors (Lipinski definition) is 7. The first-order valence-corrected chi connectivity index (χ1v) is 8.67. The normalized spacial score (nSPS) is 24.3. The Morgan fingerprint density at radius 3 is 3.05 bits per heavy atom. The number of rotatable bonds is 5. The molecule has 0 spiro atoms. The first-order chi connectivity index (χ1) is 10.5. The van der Waals surface area contributed by atoms with E-state index in [0.717, 1.165) is 5.03 Å². The van der Waals surface area contributed by atoms with E-state index < -0.39 is 23.4 Å². The third-order valence-corrected chi connectivity index (χ3v) is 5.93. The minimum Gasteiger partial charge on any atom is -0.477 e. The van der Waals surface area contributed by atoms with Gasteiger partial charge in [-0.1, -0.05) is 5.21 Å². The van der Waals surface area contributed by atoms with Crippen LogP contribution in [-0.4, -0.2) is 65.0 Å². The summed E-state index contributed by atoms with van der Waals surface area (Å²) in [5.74, 6) is -0.761. The highest BCUT2D eigenvalue weighted by Crippen LogP contribution is 2.41. The molecule has 2 aliphatic heterocycles. The van der Waals surface area contributed by atoms with Gasteiger partial charge >= 0.3 is 5.97 Å². The van der Waals surface area contributed by atoms with Crippen molar-refractivity contribution in [2.75, 3.05) is 11.5 Å². The van der Waals surface area contributed by atoms with Gasteiger partial charge in [-0.2, -0.15) is 0 Å². The van der Waals surface area contributed by atoms with E-state index in [-0.39, 0.29) is 5.70 Å². The summed E-state index contributed by atoms with van der Waals surface area (Å²) in [5, 5.41) is 27.1. The molecule has 2 N–H and O–H groups in total. The zero-order valence-corrected chi connectivity index (χ0v) is 13.3. The molecule has 0 unspecified atom stereocenters. The van der Waals surface area contributed by atoms with Gasteiger partial charge in [-0.3, -0.25) is 9.69 Å². The number of β-lactam (4-membered cyclic amide) rings is 1. The number of aromatic nitrogens is 3. The van der Waals surface area contributed by atoms with Crippen LogP contribution in [0.5, 0.6) is 0 Å². The zero-order valence-electron chi connectivity index (χ0n) is 11.7. The number of fused-ring (bicyclic) bond motifs is 1. The van der Waals surface area contributed by atoms with Crippen LogP contribution in [0.1, 0.15) is 6.92 Å². The summed E-state index contributed by atoms with van der Waals surface area (Å²) in [6, 6.07) is 0. The van der Waals surface area contributed by atoms with Gasteiger partial charge in [0, 0.05) is 18.1 Å². The molecule has 0 aromatic carbocycles. The number of thioether (sulfide) groups is 2. The zero-order chi connectivity index (χ0) is 15.9. The molecule has 1 aromatic rings. The highest BCUT2D eigenvalue weighted by Gasteiger charge is 2.52. The van der Waals surface area contributed by atoms with Crippen LogP contribution in [0.3, 0.4) is 0 Å². The lowest BCUT2D eigenvalue weighted by Gasteiger charge is -2.47. The number of hydrogen-bond donors (Lipinski definition) is 2. The number of carbonyl (C=O) groups is 2. The van der Waals surface area contributed by atoms with Crippen LogP contribution < -0.4 is 0 Å². The molecule has 1 saturated heterocycles. The highest BCUT2D eigenvalue weighted by atomic mass is 32.2. The third-order valence-electron chi connectivity index (χ3n) is 3.50. The number of aliphatic hydroxyl groups is 1. The van der Waals surface area contributed by atoms with Crippen molar-refractivity contribution in [1.29, 1.82) is 0 Å². The lowest BCUT2D eigenvalue weighted by molar-refractivity contribution is -0.159. The number of nitrogens with zero attached hydrogens (tertiary/aromatic N) is 4.